The quantitative estimate of drug-likeness (QED) is 0.811. The van der Waals surface area contributed by atoms with Crippen molar-refractivity contribution in [3.05, 3.63) is 47.4 Å². The van der Waals surface area contributed by atoms with E-state index < -0.39 is 0 Å². The molecular weight excluding hydrogens is 226 g/mol. The number of esters is 1. The maximum Gasteiger partial charge on any atom is 0.334 e. The molecule has 0 aromatic heterocycles. The molecule has 3 nitrogen and oxygen atoms in total. The molecule has 2 aliphatic rings. The highest BCUT2D eigenvalue weighted by Crippen LogP contribution is 2.28. The van der Waals surface area contributed by atoms with Gasteiger partial charge in [-0.25, -0.2) is 4.79 Å². The fourth-order valence-corrected chi connectivity index (χ4v) is 2.59. The second kappa shape index (κ2) is 4.84. The normalized spacial score (nSPS) is 23.1. The summed E-state index contributed by atoms with van der Waals surface area (Å²) in [5.41, 5.74) is 2.30. The minimum atomic E-state index is -0.232. The van der Waals surface area contributed by atoms with Gasteiger partial charge < -0.3 is 10.1 Å². The maximum absolute atomic E-state index is 11.9. The molecule has 0 unspecified atom stereocenters. The maximum atomic E-state index is 11.9. The van der Waals surface area contributed by atoms with E-state index >= 15 is 0 Å². The van der Waals surface area contributed by atoms with Crippen LogP contribution < -0.4 is 5.32 Å². The fourth-order valence-electron chi connectivity index (χ4n) is 2.59. The molecule has 1 aromatic rings. The van der Waals surface area contributed by atoms with E-state index in [1.165, 1.54) is 6.42 Å². The Kier molecular flexibility index (Phi) is 3.05. The van der Waals surface area contributed by atoms with Crippen LogP contribution in [0.1, 0.15) is 31.2 Å². The van der Waals surface area contributed by atoms with Crippen molar-refractivity contribution in [2.75, 3.05) is 0 Å². The Morgan fingerprint density at radius 1 is 1.17 bits per heavy atom. The van der Waals surface area contributed by atoms with Crippen molar-refractivity contribution in [3.63, 3.8) is 0 Å². The number of ether oxygens (including phenoxy) is 1. The number of benzene rings is 1. The molecule has 0 saturated carbocycles. The first-order valence-corrected chi connectivity index (χ1v) is 6.57. The number of allylic oxidation sites excluding steroid dienone is 2. The van der Waals surface area contributed by atoms with Gasteiger partial charge in [-0.3, -0.25) is 0 Å². The van der Waals surface area contributed by atoms with Crippen LogP contribution >= 0.6 is 0 Å². The van der Waals surface area contributed by atoms with Gasteiger partial charge in [-0.2, -0.15) is 0 Å². The van der Waals surface area contributed by atoms with E-state index in [2.05, 4.69) is 5.32 Å². The van der Waals surface area contributed by atoms with E-state index in [4.69, 9.17) is 4.74 Å². The van der Waals surface area contributed by atoms with Crippen molar-refractivity contribution in [2.45, 2.75) is 38.1 Å². The molecule has 3 rings (SSSR count). The first kappa shape index (κ1) is 11.3. The molecule has 0 bridgehead atoms. The van der Waals surface area contributed by atoms with Crippen LogP contribution in [0, 0.1) is 0 Å². The molecule has 1 aliphatic carbocycles. The van der Waals surface area contributed by atoms with E-state index in [0.29, 0.717) is 6.42 Å². The molecule has 0 spiro atoms. The Labute approximate surface area is 107 Å². The predicted octanol–water partition coefficient (Wildman–Crippen LogP) is 2.53. The predicted molar refractivity (Wildman–Crippen MR) is 68.7 cm³/mol. The van der Waals surface area contributed by atoms with E-state index in [1.54, 1.807) is 0 Å². The van der Waals surface area contributed by atoms with Crippen LogP contribution in [0.25, 0.3) is 0 Å². The number of hydrogen-bond acceptors (Lipinski definition) is 3. The van der Waals surface area contributed by atoms with Crippen molar-refractivity contribution < 1.29 is 9.53 Å². The number of rotatable bonds is 2. The van der Waals surface area contributed by atoms with Crippen LogP contribution in [0.5, 0.6) is 0 Å². The van der Waals surface area contributed by atoms with Gasteiger partial charge in [0.1, 0.15) is 11.8 Å². The molecule has 1 N–H and O–H groups in total. The lowest BCUT2D eigenvalue weighted by molar-refractivity contribution is -0.143. The Morgan fingerprint density at radius 2 is 1.94 bits per heavy atom. The topological polar surface area (TPSA) is 38.3 Å². The van der Waals surface area contributed by atoms with Crippen molar-refractivity contribution in [1.29, 1.82) is 0 Å². The third-order valence-electron chi connectivity index (χ3n) is 3.56. The smallest absolute Gasteiger partial charge is 0.334 e. The standard InChI is InChI=1S/C15H17NO2/c17-15-13(10-11-6-2-1-3-7-11)16-12-8-4-5-9-14(12)18-15/h1-3,6-7,13,16H,4-5,8-10H2/t13-/m0/s1. The molecule has 94 valence electrons. The van der Waals surface area contributed by atoms with Crippen molar-refractivity contribution in [3.8, 4) is 0 Å². The summed E-state index contributed by atoms with van der Waals surface area (Å²) >= 11 is 0. The lowest BCUT2D eigenvalue weighted by Crippen LogP contribution is -2.44. The lowest BCUT2D eigenvalue weighted by Gasteiger charge is -2.30. The molecule has 1 atom stereocenters. The Balaban J connectivity index is 1.74. The molecule has 1 heterocycles. The first-order valence-electron chi connectivity index (χ1n) is 6.57. The van der Waals surface area contributed by atoms with E-state index in [0.717, 1.165) is 36.3 Å². The van der Waals surface area contributed by atoms with Crippen molar-refractivity contribution >= 4 is 5.97 Å². The Hall–Kier alpha value is -1.77. The average molecular weight is 243 g/mol. The van der Waals surface area contributed by atoms with E-state index in [1.807, 2.05) is 30.3 Å². The third-order valence-corrected chi connectivity index (χ3v) is 3.56. The van der Waals surface area contributed by atoms with Gasteiger partial charge in [0.25, 0.3) is 0 Å². The molecule has 0 radical (unpaired) electrons. The number of hydrogen-bond donors (Lipinski definition) is 1. The summed E-state index contributed by atoms with van der Waals surface area (Å²) in [6, 6.07) is 9.82. The SMILES string of the molecule is O=C1OC2=C(CCCC2)N[C@H]1Cc1ccccc1. The van der Waals surface area contributed by atoms with Gasteiger partial charge in [0.05, 0.1) is 5.70 Å². The summed E-state index contributed by atoms with van der Waals surface area (Å²) in [5.74, 6) is 0.732. The second-order valence-electron chi connectivity index (χ2n) is 4.92. The summed E-state index contributed by atoms with van der Waals surface area (Å²) in [5, 5.41) is 3.36. The summed E-state index contributed by atoms with van der Waals surface area (Å²) in [4.78, 5) is 11.9. The molecule has 1 aliphatic heterocycles. The average Bonchev–Trinajstić information content (AvgIpc) is 2.41. The van der Waals surface area contributed by atoms with Crippen LogP contribution in [-0.2, 0) is 16.0 Å². The summed E-state index contributed by atoms with van der Waals surface area (Å²) < 4.78 is 5.45. The molecule has 18 heavy (non-hydrogen) atoms. The zero-order valence-corrected chi connectivity index (χ0v) is 10.3. The summed E-state index contributed by atoms with van der Waals surface area (Å²) in [6.07, 6.45) is 4.90. The fraction of sp³-hybridized carbons (Fsp3) is 0.400. The molecule has 0 amide bonds. The van der Waals surface area contributed by atoms with Crippen LogP contribution in [0.15, 0.2) is 41.8 Å². The highest BCUT2D eigenvalue weighted by atomic mass is 16.5. The van der Waals surface area contributed by atoms with Crippen LogP contribution in [0.2, 0.25) is 0 Å². The largest absolute Gasteiger partial charge is 0.428 e. The minimum absolute atomic E-state index is 0.139. The lowest BCUT2D eigenvalue weighted by atomic mass is 9.98. The van der Waals surface area contributed by atoms with Crippen molar-refractivity contribution in [1.82, 2.24) is 5.32 Å². The minimum Gasteiger partial charge on any atom is -0.428 e. The van der Waals surface area contributed by atoms with Gasteiger partial charge in [0, 0.05) is 12.8 Å². The third kappa shape index (κ3) is 2.26. The highest BCUT2D eigenvalue weighted by molar-refractivity contribution is 5.78. The molecule has 1 aromatic carbocycles. The number of carbonyl (C=O) groups excluding carboxylic acids is 1. The van der Waals surface area contributed by atoms with Crippen LogP contribution in [0.4, 0.5) is 0 Å². The highest BCUT2D eigenvalue weighted by Gasteiger charge is 2.30. The number of carbonyl (C=O) groups is 1. The number of nitrogens with one attached hydrogen (secondary N) is 1. The van der Waals surface area contributed by atoms with Crippen molar-refractivity contribution in [2.24, 2.45) is 0 Å². The molecule has 0 fully saturated rings. The van der Waals surface area contributed by atoms with Crippen LogP contribution in [0.3, 0.4) is 0 Å². The van der Waals surface area contributed by atoms with Gasteiger partial charge in [-0.15, -0.1) is 0 Å². The first-order chi connectivity index (χ1) is 8.83. The van der Waals surface area contributed by atoms with E-state index in [9.17, 15) is 4.79 Å². The van der Waals surface area contributed by atoms with E-state index in [-0.39, 0.29) is 12.0 Å². The molecule has 0 saturated heterocycles. The molecule has 3 heteroatoms. The zero-order valence-electron chi connectivity index (χ0n) is 10.3. The zero-order chi connectivity index (χ0) is 12.4. The van der Waals surface area contributed by atoms with Crippen LogP contribution in [-0.4, -0.2) is 12.0 Å². The van der Waals surface area contributed by atoms with Gasteiger partial charge in [0.2, 0.25) is 0 Å². The van der Waals surface area contributed by atoms with Gasteiger partial charge in [-0.1, -0.05) is 30.3 Å². The molecular formula is C15H17NO2. The monoisotopic (exact) mass is 243 g/mol. The second-order valence-corrected chi connectivity index (χ2v) is 4.92. The van der Waals surface area contributed by atoms with Gasteiger partial charge in [0.15, 0.2) is 0 Å². The summed E-state index contributed by atoms with van der Waals surface area (Å²) in [7, 11) is 0. The van der Waals surface area contributed by atoms with Gasteiger partial charge >= 0.3 is 5.97 Å². The Bertz CT molecular complexity index is 479. The van der Waals surface area contributed by atoms with Gasteiger partial charge in [-0.05, 0) is 24.8 Å². The Morgan fingerprint density at radius 3 is 2.78 bits per heavy atom. The summed E-state index contributed by atoms with van der Waals surface area (Å²) in [6.45, 7) is 0.